The molecule has 148 valence electrons. The monoisotopic (exact) mass is 381 g/mol. The number of fused-ring (bicyclic) bond motifs is 1. The summed E-state index contributed by atoms with van der Waals surface area (Å²) in [5, 5.41) is 0. The van der Waals surface area contributed by atoms with Gasteiger partial charge in [-0.2, -0.15) is 0 Å². The van der Waals surface area contributed by atoms with Gasteiger partial charge in [-0.1, -0.05) is 30.3 Å². The summed E-state index contributed by atoms with van der Waals surface area (Å²) < 4.78 is 0. The van der Waals surface area contributed by atoms with Gasteiger partial charge in [0.1, 0.15) is 5.82 Å². The van der Waals surface area contributed by atoms with Crippen molar-refractivity contribution in [2.75, 3.05) is 40.3 Å². The van der Waals surface area contributed by atoms with Crippen LogP contribution < -0.4 is 0 Å². The van der Waals surface area contributed by atoms with Crippen molar-refractivity contribution < 1.29 is 9.59 Å². The fourth-order valence-electron chi connectivity index (χ4n) is 3.95. The highest BCUT2D eigenvalue weighted by Crippen LogP contribution is 2.26. The Labute approximate surface area is 165 Å². The average molecular weight is 381 g/mol. The van der Waals surface area contributed by atoms with E-state index in [0.717, 1.165) is 35.7 Å². The van der Waals surface area contributed by atoms with Gasteiger partial charge in [-0.05, 0) is 14.1 Å². The number of rotatable bonds is 5. The van der Waals surface area contributed by atoms with Crippen LogP contribution in [-0.4, -0.2) is 76.8 Å². The van der Waals surface area contributed by atoms with E-state index in [9.17, 15) is 9.59 Å². The predicted octanol–water partition coefficient (Wildman–Crippen LogP) is 1.37. The van der Waals surface area contributed by atoms with Gasteiger partial charge >= 0.3 is 0 Å². The molecule has 0 bridgehead atoms. The SMILES string of the molecule is CN(C)CCN1CC(C(=O)N2CCc3nc(-c4ccccc4)[nH]c3C2)CC1=O. The fourth-order valence-corrected chi connectivity index (χ4v) is 3.95. The van der Waals surface area contributed by atoms with E-state index in [1.54, 1.807) is 0 Å². The van der Waals surface area contributed by atoms with Gasteiger partial charge < -0.3 is 19.7 Å². The van der Waals surface area contributed by atoms with E-state index in [4.69, 9.17) is 4.98 Å². The number of aromatic amines is 1. The third kappa shape index (κ3) is 3.80. The molecule has 2 aliphatic rings. The van der Waals surface area contributed by atoms with E-state index < -0.39 is 0 Å². The van der Waals surface area contributed by atoms with Gasteiger partial charge in [-0.3, -0.25) is 9.59 Å². The number of aromatic nitrogens is 2. The quantitative estimate of drug-likeness (QED) is 0.849. The Balaban J connectivity index is 1.41. The number of likely N-dealkylation sites (tertiary alicyclic amines) is 1. The molecule has 2 aliphatic heterocycles. The Morgan fingerprint density at radius 1 is 1.29 bits per heavy atom. The van der Waals surface area contributed by atoms with Gasteiger partial charge in [0.2, 0.25) is 11.8 Å². The number of nitrogens with zero attached hydrogens (tertiary/aromatic N) is 4. The molecule has 7 heteroatoms. The molecule has 1 N–H and O–H groups in total. The molecule has 28 heavy (non-hydrogen) atoms. The lowest BCUT2D eigenvalue weighted by atomic mass is 10.0. The number of carbonyl (C=O) groups excluding carboxylic acids is 2. The van der Waals surface area contributed by atoms with Crippen molar-refractivity contribution in [3.05, 3.63) is 41.7 Å². The van der Waals surface area contributed by atoms with Crippen LogP contribution in [0.15, 0.2) is 30.3 Å². The minimum Gasteiger partial charge on any atom is -0.341 e. The van der Waals surface area contributed by atoms with Crippen molar-refractivity contribution in [2.45, 2.75) is 19.4 Å². The topological polar surface area (TPSA) is 72.5 Å². The number of hydrogen-bond acceptors (Lipinski definition) is 4. The molecule has 0 radical (unpaired) electrons. The molecule has 0 spiro atoms. The first-order valence-corrected chi connectivity index (χ1v) is 9.85. The zero-order valence-electron chi connectivity index (χ0n) is 16.5. The minimum absolute atomic E-state index is 0.0854. The summed E-state index contributed by atoms with van der Waals surface area (Å²) in [5.74, 6) is 0.798. The van der Waals surface area contributed by atoms with E-state index in [-0.39, 0.29) is 17.7 Å². The van der Waals surface area contributed by atoms with Crippen LogP contribution in [0.25, 0.3) is 11.4 Å². The fraction of sp³-hybridized carbons (Fsp3) is 0.476. The second kappa shape index (κ2) is 7.75. The van der Waals surface area contributed by atoms with Crippen molar-refractivity contribution in [3.8, 4) is 11.4 Å². The number of H-pyrrole nitrogens is 1. The maximum Gasteiger partial charge on any atom is 0.228 e. The molecule has 2 aromatic rings. The van der Waals surface area contributed by atoms with Gasteiger partial charge in [0.05, 0.1) is 23.9 Å². The van der Waals surface area contributed by atoms with Crippen LogP contribution in [0.3, 0.4) is 0 Å². The van der Waals surface area contributed by atoms with Crippen LogP contribution in [0.5, 0.6) is 0 Å². The lowest BCUT2D eigenvalue weighted by molar-refractivity contribution is -0.136. The molecule has 1 aromatic heterocycles. The summed E-state index contributed by atoms with van der Waals surface area (Å²) in [7, 11) is 3.98. The first-order chi connectivity index (χ1) is 13.5. The van der Waals surface area contributed by atoms with Crippen molar-refractivity contribution in [1.82, 2.24) is 24.7 Å². The molecule has 0 aliphatic carbocycles. The highest BCUT2D eigenvalue weighted by Gasteiger charge is 2.37. The Kier molecular flexibility index (Phi) is 5.17. The van der Waals surface area contributed by atoms with Crippen LogP contribution in [0.4, 0.5) is 0 Å². The second-order valence-electron chi connectivity index (χ2n) is 7.93. The van der Waals surface area contributed by atoms with Crippen LogP contribution in [-0.2, 0) is 22.6 Å². The molecule has 3 heterocycles. The van der Waals surface area contributed by atoms with E-state index in [2.05, 4.69) is 9.88 Å². The smallest absolute Gasteiger partial charge is 0.228 e. The number of benzene rings is 1. The minimum atomic E-state index is -0.229. The summed E-state index contributed by atoms with van der Waals surface area (Å²) in [4.78, 5) is 39.1. The third-order valence-electron chi connectivity index (χ3n) is 5.57. The van der Waals surface area contributed by atoms with Crippen molar-refractivity contribution in [3.63, 3.8) is 0 Å². The normalized spacial score (nSPS) is 19.4. The lowest BCUT2D eigenvalue weighted by Crippen LogP contribution is -2.41. The van der Waals surface area contributed by atoms with Gasteiger partial charge in [0.15, 0.2) is 0 Å². The van der Waals surface area contributed by atoms with Gasteiger partial charge in [-0.25, -0.2) is 4.98 Å². The Bertz CT molecular complexity index is 861. The molecular formula is C21H27N5O2. The van der Waals surface area contributed by atoms with Gasteiger partial charge in [0, 0.05) is 44.6 Å². The van der Waals surface area contributed by atoms with E-state index in [1.807, 2.05) is 54.2 Å². The standard InChI is InChI=1S/C21H27N5O2/c1-24(2)10-11-25-13-16(12-19(25)27)21(28)26-9-8-17-18(14-26)23-20(22-17)15-6-4-3-5-7-15/h3-7,16H,8-14H2,1-2H3,(H,22,23). The molecule has 1 aromatic carbocycles. The zero-order valence-corrected chi connectivity index (χ0v) is 16.5. The number of carbonyl (C=O) groups is 2. The third-order valence-corrected chi connectivity index (χ3v) is 5.57. The number of amides is 2. The van der Waals surface area contributed by atoms with Gasteiger partial charge in [-0.15, -0.1) is 0 Å². The van der Waals surface area contributed by atoms with E-state index in [1.165, 1.54) is 0 Å². The predicted molar refractivity (Wildman–Crippen MR) is 106 cm³/mol. The molecule has 7 nitrogen and oxygen atoms in total. The largest absolute Gasteiger partial charge is 0.341 e. The summed E-state index contributed by atoms with van der Waals surface area (Å²) in [6, 6.07) is 10.0. The van der Waals surface area contributed by atoms with Gasteiger partial charge in [0.25, 0.3) is 0 Å². The van der Waals surface area contributed by atoms with E-state index >= 15 is 0 Å². The van der Waals surface area contributed by atoms with Crippen molar-refractivity contribution >= 4 is 11.8 Å². The summed E-state index contributed by atoms with van der Waals surface area (Å²) in [5.41, 5.74) is 3.10. The molecule has 0 saturated carbocycles. The Hall–Kier alpha value is -2.67. The summed E-state index contributed by atoms with van der Waals surface area (Å²) in [6.45, 7) is 3.23. The van der Waals surface area contributed by atoms with Crippen LogP contribution in [0, 0.1) is 5.92 Å². The maximum atomic E-state index is 13.0. The molecule has 1 saturated heterocycles. The number of likely N-dealkylation sites (N-methyl/N-ethyl adjacent to an activating group) is 1. The Morgan fingerprint density at radius 2 is 2.07 bits per heavy atom. The Morgan fingerprint density at radius 3 is 2.82 bits per heavy atom. The average Bonchev–Trinajstić information content (AvgIpc) is 3.29. The molecule has 4 rings (SSSR count). The first-order valence-electron chi connectivity index (χ1n) is 9.85. The van der Waals surface area contributed by atoms with Crippen LogP contribution in [0.2, 0.25) is 0 Å². The molecule has 2 amide bonds. The molecule has 1 fully saturated rings. The van der Waals surface area contributed by atoms with Crippen molar-refractivity contribution in [2.24, 2.45) is 5.92 Å². The summed E-state index contributed by atoms with van der Waals surface area (Å²) in [6.07, 6.45) is 1.07. The molecule has 1 atom stereocenters. The van der Waals surface area contributed by atoms with E-state index in [0.29, 0.717) is 32.6 Å². The number of hydrogen-bond donors (Lipinski definition) is 1. The highest BCUT2D eigenvalue weighted by atomic mass is 16.2. The number of imidazole rings is 1. The zero-order chi connectivity index (χ0) is 19.7. The highest BCUT2D eigenvalue weighted by molar-refractivity contribution is 5.89. The second-order valence-corrected chi connectivity index (χ2v) is 7.93. The first kappa shape index (κ1) is 18.7. The molecular weight excluding hydrogens is 354 g/mol. The maximum absolute atomic E-state index is 13.0. The number of nitrogens with one attached hydrogen (secondary N) is 1. The van der Waals surface area contributed by atoms with Crippen LogP contribution >= 0.6 is 0 Å². The lowest BCUT2D eigenvalue weighted by Gasteiger charge is -2.28. The molecule has 1 unspecified atom stereocenters. The van der Waals surface area contributed by atoms with Crippen LogP contribution in [0.1, 0.15) is 17.8 Å². The summed E-state index contributed by atoms with van der Waals surface area (Å²) >= 11 is 0. The van der Waals surface area contributed by atoms with Crippen molar-refractivity contribution in [1.29, 1.82) is 0 Å².